The fraction of sp³-hybridized carbons (Fsp3) is 0. The summed E-state index contributed by atoms with van der Waals surface area (Å²) in [5.41, 5.74) is 5.34. The summed E-state index contributed by atoms with van der Waals surface area (Å²) in [7, 11) is 0. The minimum Gasteiger partial charge on any atom is -0.434 e. The normalized spacial score (nSPS) is 11.6. The first-order chi connectivity index (χ1) is 13.9. The van der Waals surface area contributed by atoms with Gasteiger partial charge in [-0.3, -0.25) is 4.57 Å². The zero-order chi connectivity index (χ0) is 18.5. The van der Waals surface area contributed by atoms with E-state index >= 15 is 0 Å². The fourth-order valence-electron chi connectivity index (χ4n) is 3.70. The third kappa shape index (κ3) is 2.16. The first kappa shape index (κ1) is 15.1. The van der Waals surface area contributed by atoms with Crippen LogP contribution < -0.4 is 0 Å². The average Bonchev–Trinajstić information content (AvgIpc) is 3.33. The van der Waals surface area contributed by atoms with Crippen molar-refractivity contribution in [3.8, 4) is 17.1 Å². The molecule has 4 aromatic heterocycles. The largest absolute Gasteiger partial charge is 0.434 e. The lowest BCUT2D eigenvalue weighted by Gasteiger charge is -2.07. The van der Waals surface area contributed by atoms with Gasteiger partial charge in [0.05, 0.1) is 5.52 Å². The number of rotatable bonds is 2. The lowest BCUT2D eigenvalue weighted by atomic mass is 10.2. The van der Waals surface area contributed by atoms with Crippen LogP contribution in [-0.2, 0) is 0 Å². The van der Waals surface area contributed by atoms with Crippen LogP contribution in [0.25, 0.3) is 50.3 Å². The zero-order valence-corrected chi connectivity index (χ0v) is 14.8. The Hall–Kier alpha value is -3.99. The third-order valence-corrected chi connectivity index (χ3v) is 4.97. The molecule has 0 bridgehead atoms. The predicted octanol–water partition coefficient (Wildman–Crippen LogP) is 5.38. The molecule has 132 valence electrons. The summed E-state index contributed by atoms with van der Waals surface area (Å²) in [4.78, 5) is 13.3. The minimum absolute atomic E-state index is 0.570. The van der Waals surface area contributed by atoms with Gasteiger partial charge in [-0.15, -0.1) is 0 Å². The van der Waals surface area contributed by atoms with Gasteiger partial charge in [-0.05, 0) is 54.6 Å². The Kier molecular flexibility index (Phi) is 3.10. The highest BCUT2D eigenvalue weighted by molar-refractivity contribution is 6.07. The van der Waals surface area contributed by atoms with Gasteiger partial charge in [0.2, 0.25) is 5.89 Å². The smallest absolute Gasteiger partial charge is 0.228 e. The minimum atomic E-state index is 0.570. The van der Waals surface area contributed by atoms with E-state index in [1.54, 1.807) is 6.20 Å². The molecule has 0 N–H and O–H groups in total. The number of nitrogens with zero attached hydrogens (tertiary/aromatic N) is 4. The summed E-state index contributed by atoms with van der Waals surface area (Å²) in [6, 6.07) is 24.3. The van der Waals surface area contributed by atoms with Gasteiger partial charge in [0.15, 0.2) is 11.2 Å². The number of para-hydroxylation sites is 1. The van der Waals surface area contributed by atoms with E-state index < -0.39 is 0 Å². The van der Waals surface area contributed by atoms with Crippen molar-refractivity contribution < 1.29 is 4.42 Å². The molecule has 6 rings (SSSR count). The highest BCUT2D eigenvalue weighted by Crippen LogP contribution is 2.31. The van der Waals surface area contributed by atoms with E-state index in [0.29, 0.717) is 17.1 Å². The van der Waals surface area contributed by atoms with Crippen LogP contribution in [0, 0.1) is 0 Å². The molecule has 0 aliphatic heterocycles. The number of oxazole rings is 1. The number of hydrogen-bond acceptors (Lipinski definition) is 4. The van der Waals surface area contributed by atoms with Gasteiger partial charge in [-0.2, -0.15) is 4.98 Å². The van der Waals surface area contributed by atoms with E-state index in [-0.39, 0.29) is 0 Å². The molecule has 5 heteroatoms. The Morgan fingerprint density at radius 1 is 0.714 bits per heavy atom. The van der Waals surface area contributed by atoms with Gasteiger partial charge in [0.25, 0.3) is 0 Å². The molecule has 0 aliphatic carbocycles. The van der Waals surface area contributed by atoms with Crippen molar-refractivity contribution in [1.29, 1.82) is 0 Å². The molecule has 28 heavy (non-hydrogen) atoms. The van der Waals surface area contributed by atoms with Crippen molar-refractivity contribution in [2.45, 2.75) is 0 Å². The van der Waals surface area contributed by atoms with E-state index in [9.17, 15) is 0 Å². The van der Waals surface area contributed by atoms with Gasteiger partial charge < -0.3 is 4.42 Å². The molecule has 6 aromatic rings. The molecule has 0 atom stereocenters. The molecule has 0 aliphatic rings. The summed E-state index contributed by atoms with van der Waals surface area (Å²) < 4.78 is 8.01. The van der Waals surface area contributed by atoms with Crippen LogP contribution >= 0.6 is 0 Å². The zero-order valence-electron chi connectivity index (χ0n) is 14.8. The van der Waals surface area contributed by atoms with Crippen LogP contribution in [0.5, 0.6) is 0 Å². The van der Waals surface area contributed by atoms with Crippen molar-refractivity contribution in [3.63, 3.8) is 0 Å². The maximum Gasteiger partial charge on any atom is 0.228 e. The second kappa shape index (κ2) is 5.76. The second-order valence-corrected chi connectivity index (χ2v) is 6.62. The summed E-state index contributed by atoms with van der Waals surface area (Å²) in [6.45, 7) is 0. The second-order valence-electron chi connectivity index (χ2n) is 6.62. The number of aromatic nitrogens is 4. The number of hydrogen-bond donors (Lipinski definition) is 0. The lowest BCUT2D eigenvalue weighted by molar-refractivity contribution is 0.619. The van der Waals surface area contributed by atoms with Crippen LogP contribution in [0.15, 0.2) is 89.6 Å². The van der Waals surface area contributed by atoms with Crippen molar-refractivity contribution in [1.82, 2.24) is 19.5 Å². The van der Waals surface area contributed by atoms with E-state index in [0.717, 1.165) is 27.8 Å². The Balaban J connectivity index is 1.52. The van der Waals surface area contributed by atoms with E-state index in [1.807, 2.05) is 36.5 Å². The molecular formula is C23H14N4O. The van der Waals surface area contributed by atoms with E-state index in [1.165, 1.54) is 5.39 Å². The standard InChI is InChI=1S/C23H14N4O/c1-2-7-19-17(5-1)18-6-3-14-25-22(18)27(19)16-11-9-15(10-12-16)23-26-21-20(28-23)8-4-13-24-21/h1-14H. The molecule has 5 nitrogen and oxygen atoms in total. The van der Waals surface area contributed by atoms with Crippen molar-refractivity contribution in [2.75, 3.05) is 0 Å². The van der Waals surface area contributed by atoms with E-state index in [4.69, 9.17) is 4.42 Å². The van der Waals surface area contributed by atoms with Gasteiger partial charge in [-0.1, -0.05) is 18.2 Å². The molecule has 0 radical (unpaired) electrons. The van der Waals surface area contributed by atoms with Crippen LogP contribution in [0.2, 0.25) is 0 Å². The lowest BCUT2D eigenvalue weighted by Crippen LogP contribution is -1.95. The highest BCUT2D eigenvalue weighted by Gasteiger charge is 2.13. The monoisotopic (exact) mass is 362 g/mol. The van der Waals surface area contributed by atoms with Gasteiger partial charge in [0.1, 0.15) is 5.65 Å². The highest BCUT2D eigenvalue weighted by atomic mass is 16.3. The summed E-state index contributed by atoms with van der Waals surface area (Å²) in [5.74, 6) is 0.570. The van der Waals surface area contributed by atoms with E-state index in [2.05, 4.69) is 62.0 Å². The maximum atomic E-state index is 5.83. The van der Waals surface area contributed by atoms with Crippen molar-refractivity contribution in [2.24, 2.45) is 0 Å². The van der Waals surface area contributed by atoms with Crippen molar-refractivity contribution in [3.05, 3.63) is 85.2 Å². The molecule has 0 amide bonds. The van der Waals surface area contributed by atoms with Crippen LogP contribution in [-0.4, -0.2) is 19.5 Å². The molecule has 0 spiro atoms. The van der Waals surface area contributed by atoms with Crippen LogP contribution in [0.3, 0.4) is 0 Å². The third-order valence-electron chi connectivity index (χ3n) is 4.97. The molecule has 0 saturated heterocycles. The molecule has 0 unspecified atom stereocenters. The van der Waals surface area contributed by atoms with Gasteiger partial charge in [-0.25, -0.2) is 9.97 Å². The predicted molar refractivity (Wildman–Crippen MR) is 109 cm³/mol. The fourth-order valence-corrected chi connectivity index (χ4v) is 3.70. The Bertz CT molecular complexity index is 1370. The average molecular weight is 362 g/mol. The summed E-state index contributed by atoms with van der Waals surface area (Å²) in [5, 5.41) is 2.34. The van der Waals surface area contributed by atoms with Gasteiger partial charge in [0, 0.05) is 34.4 Å². The Labute approximate surface area is 159 Å². The van der Waals surface area contributed by atoms with Crippen LogP contribution in [0.4, 0.5) is 0 Å². The Morgan fingerprint density at radius 2 is 1.50 bits per heavy atom. The summed E-state index contributed by atoms with van der Waals surface area (Å²) in [6.07, 6.45) is 3.55. The Morgan fingerprint density at radius 3 is 2.39 bits per heavy atom. The SMILES string of the molecule is c1cnc2nc(-c3ccc(-n4c5ccccc5c5cccnc54)cc3)oc2c1. The number of benzene rings is 2. The number of pyridine rings is 2. The number of fused-ring (bicyclic) bond motifs is 4. The maximum absolute atomic E-state index is 5.83. The molecule has 0 saturated carbocycles. The molecule has 4 heterocycles. The first-order valence-electron chi connectivity index (χ1n) is 9.05. The molecular weight excluding hydrogens is 348 g/mol. The van der Waals surface area contributed by atoms with Gasteiger partial charge >= 0.3 is 0 Å². The molecule has 2 aromatic carbocycles. The first-order valence-corrected chi connectivity index (χ1v) is 9.05. The topological polar surface area (TPSA) is 56.7 Å². The van der Waals surface area contributed by atoms with Crippen LogP contribution in [0.1, 0.15) is 0 Å². The summed E-state index contributed by atoms with van der Waals surface area (Å²) >= 11 is 0. The molecule has 0 fully saturated rings. The quantitative estimate of drug-likeness (QED) is 0.415. The van der Waals surface area contributed by atoms with Crippen molar-refractivity contribution >= 4 is 33.2 Å².